The number of guanidine groups is 1. The number of hydrogen-bond donors (Lipinski definition) is 1. The first-order valence-corrected chi connectivity index (χ1v) is 10.1. The first-order chi connectivity index (χ1) is 13.1. The van der Waals surface area contributed by atoms with Gasteiger partial charge in [-0.25, -0.2) is 0 Å². The van der Waals surface area contributed by atoms with Gasteiger partial charge in [-0.1, -0.05) is 12.8 Å². The molecule has 2 heterocycles. The highest BCUT2D eigenvalue weighted by Crippen LogP contribution is 2.22. The fourth-order valence-corrected chi connectivity index (χ4v) is 3.94. The molecule has 1 saturated heterocycles. The molecule has 8 heteroatoms. The van der Waals surface area contributed by atoms with Crippen molar-refractivity contribution in [1.29, 1.82) is 0 Å². The van der Waals surface area contributed by atoms with E-state index < -0.39 is 0 Å². The van der Waals surface area contributed by atoms with E-state index in [1.807, 2.05) is 13.2 Å². The van der Waals surface area contributed by atoms with E-state index in [1.165, 1.54) is 25.7 Å². The zero-order valence-electron chi connectivity index (χ0n) is 16.9. The first-order valence-electron chi connectivity index (χ1n) is 10.1. The summed E-state index contributed by atoms with van der Waals surface area (Å²) in [5.41, 5.74) is 0.863. The van der Waals surface area contributed by atoms with Crippen molar-refractivity contribution in [3.05, 3.63) is 12.4 Å². The van der Waals surface area contributed by atoms with E-state index in [9.17, 15) is 4.79 Å². The normalized spacial score (nSPS) is 19.4. The van der Waals surface area contributed by atoms with Gasteiger partial charge in [0.2, 0.25) is 5.91 Å². The van der Waals surface area contributed by atoms with Crippen LogP contribution in [0, 0.1) is 0 Å². The highest BCUT2D eigenvalue weighted by molar-refractivity contribution is 5.98. The minimum absolute atomic E-state index is 0.0860. The van der Waals surface area contributed by atoms with Crippen LogP contribution in [-0.2, 0) is 11.8 Å². The van der Waals surface area contributed by atoms with E-state index in [2.05, 4.69) is 34.2 Å². The number of likely N-dealkylation sites (N-methyl/N-ethyl adjacent to an activating group) is 1. The molecular formula is C19H33N7O. The number of carbonyl (C=O) groups is 1. The Morgan fingerprint density at radius 1 is 1.37 bits per heavy atom. The van der Waals surface area contributed by atoms with Crippen LogP contribution in [0.25, 0.3) is 0 Å². The van der Waals surface area contributed by atoms with Crippen molar-refractivity contribution in [1.82, 2.24) is 24.9 Å². The SMILES string of the molecule is CCNC(=NCCN(C)C1CCCC1)N1CCN(c2cnn(C)c2)C(=O)C1. The quantitative estimate of drug-likeness (QED) is 0.591. The van der Waals surface area contributed by atoms with E-state index in [0.29, 0.717) is 19.1 Å². The summed E-state index contributed by atoms with van der Waals surface area (Å²) in [6.07, 6.45) is 8.95. The van der Waals surface area contributed by atoms with Gasteiger partial charge in [0.05, 0.1) is 18.4 Å². The maximum atomic E-state index is 12.6. The van der Waals surface area contributed by atoms with E-state index in [1.54, 1.807) is 15.8 Å². The van der Waals surface area contributed by atoms with Crippen LogP contribution in [0.1, 0.15) is 32.6 Å². The summed E-state index contributed by atoms with van der Waals surface area (Å²) in [6.45, 7) is 6.35. The summed E-state index contributed by atoms with van der Waals surface area (Å²) in [5, 5.41) is 7.51. The smallest absolute Gasteiger partial charge is 0.246 e. The Bertz CT molecular complexity index is 650. The number of aliphatic imine (C=N–C) groups is 1. The first kappa shape index (κ1) is 19.7. The summed E-state index contributed by atoms with van der Waals surface area (Å²) < 4.78 is 1.72. The predicted molar refractivity (Wildman–Crippen MR) is 108 cm³/mol. The molecule has 1 amide bonds. The van der Waals surface area contributed by atoms with Gasteiger partial charge < -0.3 is 20.0 Å². The van der Waals surface area contributed by atoms with Crippen molar-refractivity contribution < 1.29 is 4.79 Å². The predicted octanol–water partition coefficient (Wildman–Crippen LogP) is 0.909. The largest absolute Gasteiger partial charge is 0.357 e. The number of aromatic nitrogens is 2. The van der Waals surface area contributed by atoms with Crippen LogP contribution in [0.2, 0.25) is 0 Å². The van der Waals surface area contributed by atoms with Gasteiger partial charge in [-0.3, -0.25) is 14.5 Å². The topological polar surface area (TPSA) is 69.0 Å². The van der Waals surface area contributed by atoms with Crippen molar-refractivity contribution in [2.45, 2.75) is 38.6 Å². The van der Waals surface area contributed by atoms with Crippen molar-refractivity contribution in [3.63, 3.8) is 0 Å². The number of nitrogens with zero attached hydrogens (tertiary/aromatic N) is 6. The lowest BCUT2D eigenvalue weighted by molar-refractivity contribution is -0.120. The number of aryl methyl sites for hydroxylation is 1. The third kappa shape index (κ3) is 5.00. The van der Waals surface area contributed by atoms with Gasteiger partial charge in [-0.2, -0.15) is 5.10 Å². The highest BCUT2D eigenvalue weighted by atomic mass is 16.2. The molecule has 0 atom stereocenters. The second-order valence-electron chi connectivity index (χ2n) is 7.49. The lowest BCUT2D eigenvalue weighted by atomic mass is 10.2. The lowest BCUT2D eigenvalue weighted by Gasteiger charge is -2.35. The third-order valence-corrected chi connectivity index (χ3v) is 5.52. The molecule has 2 fully saturated rings. The molecule has 2 aliphatic rings. The molecule has 0 unspecified atom stereocenters. The number of rotatable bonds is 6. The van der Waals surface area contributed by atoms with Crippen LogP contribution < -0.4 is 10.2 Å². The van der Waals surface area contributed by atoms with Crippen LogP contribution in [0.3, 0.4) is 0 Å². The van der Waals surface area contributed by atoms with E-state index in [-0.39, 0.29) is 5.91 Å². The maximum absolute atomic E-state index is 12.6. The molecule has 1 N–H and O–H groups in total. The fourth-order valence-electron chi connectivity index (χ4n) is 3.94. The standard InChI is InChI=1S/C19H33N7O/c1-4-20-19(21-9-10-23(2)16-7-5-6-8-16)25-11-12-26(18(27)15-25)17-13-22-24(3)14-17/h13-14,16H,4-12,15H2,1-3H3,(H,20,21). The Hall–Kier alpha value is -2.09. The summed E-state index contributed by atoms with van der Waals surface area (Å²) >= 11 is 0. The third-order valence-electron chi connectivity index (χ3n) is 5.52. The van der Waals surface area contributed by atoms with Crippen LogP contribution in [-0.4, -0.2) is 83.8 Å². The minimum Gasteiger partial charge on any atom is -0.357 e. The molecule has 3 rings (SSSR count). The Morgan fingerprint density at radius 3 is 2.78 bits per heavy atom. The monoisotopic (exact) mass is 375 g/mol. The average Bonchev–Trinajstić information content (AvgIpc) is 3.32. The van der Waals surface area contributed by atoms with Gasteiger partial charge in [0, 0.05) is 45.5 Å². The van der Waals surface area contributed by atoms with E-state index >= 15 is 0 Å². The highest BCUT2D eigenvalue weighted by Gasteiger charge is 2.27. The number of anilines is 1. The zero-order valence-corrected chi connectivity index (χ0v) is 16.9. The molecule has 1 aromatic heterocycles. The zero-order chi connectivity index (χ0) is 19.2. The van der Waals surface area contributed by atoms with Crippen LogP contribution in [0.15, 0.2) is 17.4 Å². The number of piperazine rings is 1. The molecule has 0 aromatic carbocycles. The maximum Gasteiger partial charge on any atom is 0.246 e. The summed E-state index contributed by atoms with van der Waals surface area (Å²) in [4.78, 5) is 23.7. The summed E-state index contributed by atoms with van der Waals surface area (Å²) in [6, 6.07) is 0.715. The number of carbonyl (C=O) groups excluding carboxylic acids is 1. The van der Waals surface area contributed by atoms with E-state index in [0.717, 1.165) is 37.8 Å². The van der Waals surface area contributed by atoms with Crippen LogP contribution in [0.4, 0.5) is 5.69 Å². The molecule has 0 radical (unpaired) electrons. The molecule has 1 aliphatic heterocycles. The van der Waals surface area contributed by atoms with Gasteiger partial charge in [-0.05, 0) is 26.8 Å². The van der Waals surface area contributed by atoms with E-state index in [4.69, 9.17) is 4.99 Å². The minimum atomic E-state index is 0.0860. The van der Waals surface area contributed by atoms with Gasteiger partial charge >= 0.3 is 0 Å². The lowest BCUT2D eigenvalue weighted by Crippen LogP contribution is -2.55. The van der Waals surface area contributed by atoms with Crippen molar-refractivity contribution in [2.75, 3.05) is 51.2 Å². The van der Waals surface area contributed by atoms with Crippen molar-refractivity contribution in [2.24, 2.45) is 12.0 Å². The van der Waals surface area contributed by atoms with Crippen molar-refractivity contribution in [3.8, 4) is 0 Å². The Morgan fingerprint density at radius 2 is 2.15 bits per heavy atom. The molecule has 150 valence electrons. The average molecular weight is 376 g/mol. The molecular weight excluding hydrogens is 342 g/mol. The second-order valence-corrected chi connectivity index (χ2v) is 7.49. The number of hydrogen-bond acceptors (Lipinski definition) is 4. The number of nitrogens with one attached hydrogen (secondary N) is 1. The Labute approximate surface area is 162 Å². The van der Waals surface area contributed by atoms with Gasteiger partial charge in [-0.15, -0.1) is 0 Å². The molecule has 1 aliphatic carbocycles. The van der Waals surface area contributed by atoms with Gasteiger partial charge in [0.15, 0.2) is 5.96 Å². The van der Waals surface area contributed by atoms with Crippen LogP contribution in [0.5, 0.6) is 0 Å². The molecule has 1 saturated carbocycles. The van der Waals surface area contributed by atoms with Gasteiger partial charge in [0.25, 0.3) is 0 Å². The summed E-state index contributed by atoms with van der Waals surface area (Å²) in [7, 11) is 4.07. The molecule has 27 heavy (non-hydrogen) atoms. The second kappa shape index (κ2) is 9.21. The number of amides is 1. The summed E-state index contributed by atoms with van der Waals surface area (Å²) in [5.74, 6) is 0.930. The Balaban J connectivity index is 1.55. The van der Waals surface area contributed by atoms with Gasteiger partial charge in [0.1, 0.15) is 6.54 Å². The van der Waals surface area contributed by atoms with Crippen LogP contribution >= 0.6 is 0 Å². The molecule has 0 spiro atoms. The molecule has 8 nitrogen and oxygen atoms in total. The molecule has 1 aromatic rings. The molecule has 0 bridgehead atoms. The Kier molecular flexibility index (Phi) is 6.71. The fraction of sp³-hybridized carbons (Fsp3) is 0.737. The van der Waals surface area contributed by atoms with Crippen molar-refractivity contribution >= 4 is 17.6 Å².